The molecule has 24 heavy (non-hydrogen) atoms. The van der Waals surface area contributed by atoms with Crippen molar-refractivity contribution >= 4 is 16.5 Å². The molecule has 122 valence electrons. The van der Waals surface area contributed by atoms with Crippen molar-refractivity contribution in [2.45, 2.75) is 19.5 Å². The van der Waals surface area contributed by atoms with E-state index in [1.807, 2.05) is 23.1 Å². The first kappa shape index (κ1) is 14.8. The molecule has 6 heteroatoms. The first-order valence-electron chi connectivity index (χ1n) is 7.81. The van der Waals surface area contributed by atoms with Crippen LogP contribution in [0.25, 0.3) is 10.8 Å². The number of nitrogens with zero attached hydrogens (tertiary/aromatic N) is 3. The van der Waals surface area contributed by atoms with Gasteiger partial charge in [-0.15, -0.1) is 0 Å². The zero-order valence-electron chi connectivity index (χ0n) is 12.9. The largest absolute Gasteiger partial charge is 0.352 e. The van der Waals surface area contributed by atoms with Crippen molar-refractivity contribution in [1.29, 1.82) is 0 Å². The van der Waals surface area contributed by atoms with Gasteiger partial charge in [0, 0.05) is 23.7 Å². The summed E-state index contributed by atoms with van der Waals surface area (Å²) >= 11 is 0. The van der Waals surface area contributed by atoms with Gasteiger partial charge in [0.2, 0.25) is 0 Å². The summed E-state index contributed by atoms with van der Waals surface area (Å²) in [5.74, 6) is -1.71. The zero-order valence-corrected chi connectivity index (χ0v) is 12.9. The minimum Gasteiger partial charge on any atom is -0.352 e. The lowest BCUT2D eigenvalue weighted by atomic mass is 10.0. The van der Waals surface area contributed by atoms with Crippen LogP contribution in [0.5, 0.6) is 0 Å². The molecule has 0 fully saturated rings. The molecule has 0 spiro atoms. The second-order valence-corrected chi connectivity index (χ2v) is 5.94. The molecule has 2 aromatic carbocycles. The van der Waals surface area contributed by atoms with Gasteiger partial charge in [-0.3, -0.25) is 4.79 Å². The number of halogens is 2. The molecule has 0 unspecified atom stereocenters. The Hall–Kier alpha value is -2.76. The molecule has 1 aliphatic heterocycles. The van der Waals surface area contributed by atoms with E-state index in [4.69, 9.17) is 0 Å². The maximum atomic E-state index is 13.6. The van der Waals surface area contributed by atoms with E-state index in [1.54, 1.807) is 12.3 Å². The summed E-state index contributed by atoms with van der Waals surface area (Å²) < 4.78 is 28.4. The van der Waals surface area contributed by atoms with Gasteiger partial charge in [0.25, 0.3) is 5.56 Å². The van der Waals surface area contributed by atoms with Gasteiger partial charge in [0.05, 0.1) is 11.6 Å². The van der Waals surface area contributed by atoms with Crippen molar-refractivity contribution in [1.82, 2.24) is 9.78 Å². The van der Waals surface area contributed by atoms with Crippen LogP contribution in [0, 0.1) is 11.6 Å². The van der Waals surface area contributed by atoms with Crippen molar-refractivity contribution in [2.24, 2.45) is 0 Å². The van der Waals surface area contributed by atoms with Crippen molar-refractivity contribution in [3.05, 3.63) is 70.1 Å². The standard InChI is InChI=1S/C18H15F2N3O/c19-15-8-12-5-3-7-22(17(12)9-16(15)20)11-23-18(24)14-6-2-1-4-13(14)10-21-23/h1-2,4,6,8-10H,3,5,7,11H2. The summed E-state index contributed by atoms with van der Waals surface area (Å²) in [7, 11) is 0. The summed E-state index contributed by atoms with van der Waals surface area (Å²) in [6.07, 6.45) is 3.16. The fraction of sp³-hybridized carbons (Fsp3) is 0.222. The van der Waals surface area contributed by atoms with Crippen LogP contribution in [0.15, 0.2) is 47.4 Å². The highest BCUT2D eigenvalue weighted by molar-refractivity contribution is 5.80. The molecular weight excluding hydrogens is 312 g/mol. The van der Waals surface area contributed by atoms with E-state index in [9.17, 15) is 13.6 Å². The molecule has 0 atom stereocenters. The first-order valence-corrected chi connectivity index (χ1v) is 7.81. The number of fused-ring (bicyclic) bond motifs is 2. The highest BCUT2D eigenvalue weighted by atomic mass is 19.2. The first-order chi connectivity index (χ1) is 11.6. The van der Waals surface area contributed by atoms with Crippen LogP contribution in [0.1, 0.15) is 12.0 Å². The van der Waals surface area contributed by atoms with Crippen LogP contribution in [-0.4, -0.2) is 16.3 Å². The third kappa shape index (κ3) is 2.44. The molecule has 3 aromatic rings. The maximum Gasteiger partial charge on any atom is 0.276 e. The van der Waals surface area contributed by atoms with E-state index in [0.717, 1.165) is 17.4 Å². The van der Waals surface area contributed by atoms with E-state index < -0.39 is 11.6 Å². The van der Waals surface area contributed by atoms with E-state index in [2.05, 4.69) is 5.10 Å². The fourth-order valence-corrected chi connectivity index (χ4v) is 3.19. The Balaban J connectivity index is 1.74. The molecule has 4 nitrogen and oxygen atoms in total. The molecule has 0 saturated heterocycles. The van der Waals surface area contributed by atoms with Gasteiger partial charge in [-0.1, -0.05) is 18.2 Å². The highest BCUT2D eigenvalue weighted by Crippen LogP contribution is 2.29. The summed E-state index contributed by atoms with van der Waals surface area (Å²) in [5.41, 5.74) is 1.19. The van der Waals surface area contributed by atoms with E-state index >= 15 is 0 Å². The SMILES string of the molecule is O=c1c2ccccc2cnn1CN1CCCc2cc(F)c(F)cc21. The second-order valence-electron chi connectivity index (χ2n) is 5.94. The molecule has 0 aliphatic carbocycles. The Morgan fingerprint density at radius 1 is 1.12 bits per heavy atom. The second kappa shape index (κ2) is 5.70. The van der Waals surface area contributed by atoms with E-state index in [0.29, 0.717) is 24.0 Å². The molecule has 0 N–H and O–H groups in total. The molecule has 0 bridgehead atoms. The Bertz CT molecular complexity index is 984. The molecule has 0 amide bonds. The molecular formula is C18H15F2N3O. The minimum atomic E-state index is -0.875. The Morgan fingerprint density at radius 2 is 1.92 bits per heavy atom. The lowest BCUT2D eigenvalue weighted by molar-refractivity contribution is 0.496. The number of rotatable bonds is 2. The maximum absolute atomic E-state index is 13.6. The fourth-order valence-electron chi connectivity index (χ4n) is 3.19. The molecule has 2 heterocycles. The highest BCUT2D eigenvalue weighted by Gasteiger charge is 2.20. The Morgan fingerprint density at radius 3 is 2.79 bits per heavy atom. The molecule has 1 aliphatic rings. The van der Waals surface area contributed by atoms with Crippen LogP contribution < -0.4 is 10.5 Å². The zero-order chi connectivity index (χ0) is 16.7. The molecule has 4 rings (SSSR count). The van der Waals surface area contributed by atoms with Gasteiger partial charge in [0.15, 0.2) is 11.6 Å². The van der Waals surface area contributed by atoms with Crippen molar-refractivity contribution in [3.8, 4) is 0 Å². The Kier molecular flexibility index (Phi) is 3.52. The normalized spacial score (nSPS) is 14.0. The predicted octanol–water partition coefficient (Wildman–Crippen LogP) is 3.09. The van der Waals surface area contributed by atoms with Crippen LogP contribution >= 0.6 is 0 Å². The third-order valence-corrected chi connectivity index (χ3v) is 4.40. The van der Waals surface area contributed by atoms with Crippen LogP contribution in [-0.2, 0) is 13.1 Å². The summed E-state index contributed by atoms with van der Waals surface area (Å²) in [4.78, 5) is 14.4. The van der Waals surface area contributed by atoms with Gasteiger partial charge >= 0.3 is 0 Å². The van der Waals surface area contributed by atoms with Gasteiger partial charge in [-0.2, -0.15) is 5.10 Å². The van der Waals surface area contributed by atoms with Gasteiger partial charge in [-0.25, -0.2) is 13.5 Å². The van der Waals surface area contributed by atoms with Gasteiger partial charge in [0.1, 0.15) is 6.67 Å². The summed E-state index contributed by atoms with van der Waals surface area (Å²) in [5, 5.41) is 5.58. The summed E-state index contributed by atoms with van der Waals surface area (Å²) in [6, 6.07) is 9.70. The van der Waals surface area contributed by atoms with Crippen LogP contribution in [0.2, 0.25) is 0 Å². The van der Waals surface area contributed by atoms with Crippen LogP contribution in [0.3, 0.4) is 0 Å². The number of hydrogen-bond donors (Lipinski definition) is 0. The average molecular weight is 327 g/mol. The van der Waals surface area contributed by atoms with E-state index in [1.165, 1.54) is 16.8 Å². The quantitative estimate of drug-likeness (QED) is 0.726. The number of benzene rings is 2. The monoisotopic (exact) mass is 327 g/mol. The molecule has 0 saturated carbocycles. The van der Waals surface area contributed by atoms with E-state index in [-0.39, 0.29) is 12.2 Å². The smallest absolute Gasteiger partial charge is 0.276 e. The van der Waals surface area contributed by atoms with Crippen LogP contribution in [0.4, 0.5) is 14.5 Å². The Labute approximate surface area is 136 Å². The predicted molar refractivity (Wildman–Crippen MR) is 88.0 cm³/mol. The minimum absolute atomic E-state index is 0.192. The van der Waals surface area contributed by atoms with Crippen molar-refractivity contribution < 1.29 is 8.78 Å². The lowest BCUT2D eigenvalue weighted by Crippen LogP contribution is -2.37. The molecule has 0 radical (unpaired) electrons. The number of anilines is 1. The number of aromatic nitrogens is 2. The lowest BCUT2D eigenvalue weighted by Gasteiger charge is -2.31. The van der Waals surface area contributed by atoms with Crippen molar-refractivity contribution in [2.75, 3.05) is 11.4 Å². The number of hydrogen-bond acceptors (Lipinski definition) is 3. The molecule has 1 aromatic heterocycles. The number of aryl methyl sites for hydroxylation is 1. The topological polar surface area (TPSA) is 38.1 Å². The summed E-state index contributed by atoms with van der Waals surface area (Å²) in [6.45, 7) is 0.876. The van der Waals surface area contributed by atoms with Gasteiger partial charge < -0.3 is 4.90 Å². The van der Waals surface area contributed by atoms with Gasteiger partial charge in [-0.05, 0) is 30.5 Å². The van der Waals surface area contributed by atoms with Crippen molar-refractivity contribution in [3.63, 3.8) is 0 Å². The third-order valence-electron chi connectivity index (χ3n) is 4.40. The average Bonchev–Trinajstić information content (AvgIpc) is 2.59.